The summed E-state index contributed by atoms with van der Waals surface area (Å²) < 4.78 is 0.801. The standard InChI is InChI=1S/C14H18BrN5.H3N/c1-3-8(16)12-17-7-4-9(18-12)10-11(15)20-13(19-10)14(2)5-6-14;/h4,7-8H,3,5-6,16H2,1-2H3,(H,19,20);1H3/t8-;/m0./s1. The van der Waals surface area contributed by atoms with Crippen molar-refractivity contribution < 1.29 is 0 Å². The number of nitrogens with zero attached hydrogens (tertiary/aromatic N) is 3. The van der Waals surface area contributed by atoms with Gasteiger partial charge in [-0.25, -0.2) is 15.0 Å². The summed E-state index contributed by atoms with van der Waals surface area (Å²) in [6, 6.07) is 1.75. The van der Waals surface area contributed by atoms with E-state index in [4.69, 9.17) is 5.73 Å². The molecule has 1 aliphatic carbocycles. The Kier molecular flexibility index (Phi) is 4.46. The van der Waals surface area contributed by atoms with E-state index in [1.165, 1.54) is 12.8 Å². The molecule has 2 aromatic heterocycles. The van der Waals surface area contributed by atoms with Gasteiger partial charge >= 0.3 is 0 Å². The quantitative estimate of drug-likeness (QED) is 0.780. The second kappa shape index (κ2) is 5.82. The second-order valence-corrected chi connectivity index (χ2v) is 6.38. The van der Waals surface area contributed by atoms with Crippen LogP contribution in [0.15, 0.2) is 16.9 Å². The van der Waals surface area contributed by atoms with Gasteiger partial charge in [0, 0.05) is 11.6 Å². The van der Waals surface area contributed by atoms with E-state index >= 15 is 0 Å². The Morgan fingerprint density at radius 2 is 2.14 bits per heavy atom. The molecule has 0 bridgehead atoms. The first-order valence-electron chi connectivity index (χ1n) is 6.88. The van der Waals surface area contributed by atoms with Gasteiger partial charge in [0.2, 0.25) is 0 Å². The molecule has 114 valence electrons. The maximum Gasteiger partial charge on any atom is 0.145 e. The zero-order chi connectivity index (χ0) is 14.3. The van der Waals surface area contributed by atoms with E-state index in [1.54, 1.807) is 6.20 Å². The fraction of sp³-hybridized carbons (Fsp3) is 0.500. The lowest BCUT2D eigenvalue weighted by molar-refractivity contribution is 0.649. The molecule has 0 saturated heterocycles. The minimum atomic E-state index is -0.128. The fourth-order valence-electron chi connectivity index (χ4n) is 2.11. The number of hydrogen-bond acceptors (Lipinski definition) is 5. The molecule has 3 rings (SSSR count). The minimum Gasteiger partial charge on any atom is -0.344 e. The molecule has 0 aromatic carbocycles. The van der Waals surface area contributed by atoms with Crippen LogP contribution in [-0.2, 0) is 5.41 Å². The molecule has 1 atom stereocenters. The molecule has 0 radical (unpaired) electrons. The summed E-state index contributed by atoms with van der Waals surface area (Å²) in [7, 11) is 0. The van der Waals surface area contributed by atoms with Crippen molar-refractivity contribution in [2.45, 2.75) is 44.6 Å². The Morgan fingerprint density at radius 1 is 1.43 bits per heavy atom. The Labute approximate surface area is 132 Å². The van der Waals surface area contributed by atoms with E-state index in [-0.39, 0.29) is 17.6 Å². The first-order valence-corrected chi connectivity index (χ1v) is 7.67. The van der Waals surface area contributed by atoms with Crippen molar-refractivity contribution >= 4 is 15.9 Å². The normalized spacial score (nSPS) is 17.1. The zero-order valence-corrected chi connectivity index (χ0v) is 13.9. The van der Waals surface area contributed by atoms with E-state index in [2.05, 4.69) is 42.8 Å². The molecule has 1 aliphatic rings. The average molecular weight is 353 g/mol. The first kappa shape index (κ1) is 16.1. The van der Waals surface area contributed by atoms with Gasteiger partial charge in [0.05, 0.1) is 17.4 Å². The monoisotopic (exact) mass is 352 g/mol. The maximum atomic E-state index is 6.00. The van der Waals surface area contributed by atoms with Crippen LogP contribution in [0.2, 0.25) is 0 Å². The Hall–Kier alpha value is -1.31. The maximum absolute atomic E-state index is 6.00. The lowest BCUT2D eigenvalue weighted by Gasteiger charge is -2.08. The molecule has 0 spiro atoms. The Morgan fingerprint density at radius 3 is 2.76 bits per heavy atom. The number of hydrogen-bond donors (Lipinski definition) is 3. The molecule has 6 nitrogen and oxygen atoms in total. The van der Waals surface area contributed by atoms with Crippen LogP contribution in [0.5, 0.6) is 0 Å². The van der Waals surface area contributed by atoms with Gasteiger partial charge in [-0.05, 0) is 41.3 Å². The highest BCUT2D eigenvalue weighted by Gasteiger charge is 2.42. The molecule has 0 aliphatic heterocycles. The highest BCUT2D eigenvalue weighted by atomic mass is 79.9. The Balaban J connectivity index is 0.00000161. The summed E-state index contributed by atoms with van der Waals surface area (Å²) in [6.45, 7) is 4.25. The van der Waals surface area contributed by atoms with Crippen LogP contribution < -0.4 is 11.9 Å². The largest absolute Gasteiger partial charge is 0.344 e. The fourth-order valence-corrected chi connectivity index (χ4v) is 2.59. The summed E-state index contributed by atoms with van der Waals surface area (Å²) in [5, 5.41) is 0. The summed E-state index contributed by atoms with van der Waals surface area (Å²) >= 11 is 3.52. The van der Waals surface area contributed by atoms with Gasteiger partial charge in [-0.1, -0.05) is 13.8 Å². The van der Waals surface area contributed by atoms with Gasteiger partial charge in [-0.15, -0.1) is 0 Å². The average Bonchev–Trinajstić information content (AvgIpc) is 3.08. The third-order valence-corrected chi connectivity index (χ3v) is 4.51. The number of imidazole rings is 1. The van der Waals surface area contributed by atoms with Crippen molar-refractivity contribution in [3.8, 4) is 11.4 Å². The molecule has 0 unspecified atom stereocenters. The summed E-state index contributed by atoms with van der Waals surface area (Å²) in [5.74, 6) is 1.70. The predicted molar refractivity (Wildman–Crippen MR) is 86.1 cm³/mol. The highest BCUT2D eigenvalue weighted by Crippen LogP contribution is 2.47. The van der Waals surface area contributed by atoms with Gasteiger partial charge < -0.3 is 16.9 Å². The molecule has 7 heteroatoms. The van der Waals surface area contributed by atoms with E-state index in [0.29, 0.717) is 5.82 Å². The number of nitrogens with two attached hydrogens (primary N) is 1. The molecule has 2 aromatic rings. The molecular formula is C14H21BrN6. The van der Waals surface area contributed by atoms with Gasteiger partial charge in [0.1, 0.15) is 16.3 Å². The third kappa shape index (κ3) is 3.00. The van der Waals surface area contributed by atoms with Crippen LogP contribution in [0.1, 0.15) is 50.8 Å². The summed E-state index contributed by atoms with van der Waals surface area (Å²) in [4.78, 5) is 16.8. The number of H-pyrrole nitrogens is 1. The minimum absolute atomic E-state index is 0. The van der Waals surface area contributed by atoms with E-state index < -0.39 is 0 Å². The second-order valence-electron chi connectivity index (χ2n) is 5.63. The zero-order valence-electron chi connectivity index (χ0n) is 12.4. The van der Waals surface area contributed by atoms with E-state index in [1.807, 2.05) is 13.0 Å². The lowest BCUT2D eigenvalue weighted by Crippen LogP contribution is -2.13. The number of rotatable bonds is 4. The summed E-state index contributed by atoms with van der Waals surface area (Å²) in [6.07, 6.45) is 4.93. The number of nitrogens with one attached hydrogen (secondary N) is 1. The molecular weight excluding hydrogens is 332 g/mol. The van der Waals surface area contributed by atoms with Crippen LogP contribution in [0, 0.1) is 0 Å². The van der Waals surface area contributed by atoms with Crippen molar-refractivity contribution in [3.63, 3.8) is 0 Å². The van der Waals surface area contributed by atoms with Gasteiger partial charge in [0.25, 0.3) is 0 Å². The number of aromatic nitrogens is 4. The van der Waals surface area contributed by atoms with Crippen LogP contribution >= 0.6 is 15.9 Å². The van der Waals surface area contributed by atoms with E-state index in [9.17, 15) is 0 Å². The van der Waals surface area contributed by atoms with Crippen molar-refractivity contribution in [2.24, 2.45) is 5.73 Å². The first-order chi connectivity index (χ1) is 9.53. The molecule has 21 heavy (non-hydrogen) atoms. The van der Waals surface area contributed by atoms with Crippen LogP contribution in [0.3, 0.4) is 0 Å². The third-order valence-electron chi connectivity index (χ3n) is 3.93. The molecule has 6 N–H and O–H groups in total. The molecule has 2 heterocycles. The lowest BCUT2D eigenvalue weighted by atomic mass is 10.1. The van der Waals surface area contributed by atoms with Crippen molar-refractivity contribution in [1.29, 1.82) is 0 Å². The van der Waals surface area contributed by atoms with E-state index in [0.717, 1.165) is 28.2 Å². The molecule has 1 saturated carbocycles. The van der Waals surface area contributed by atoms with Crippen molar-refractivity contribution in [3.05, 3.63) is 28.5 Å². The Bertz CT molecular complexity index is 634. The summed E-state index contributed by atoms with van der Waals surface area (Å²) in [5.41, 5.74) is 7.94. The van der Waals surface area contributed by atoms with Gasteiger partial charge in [-0.2, -0.15) is 0 Å². The molecule has 0 amide bonds. The molecule has 1 fully saturated rings. The van der Waals surface area contributed by atoms with Crippen LogP contribution in [0.25, 0.3) is 11.4 Å². The predicted octanol–water partition coefficient (Wildman–Crippen LogP) is 3.25. The van der Waals surface area contributed by atoms with Gasteiger partial charge in [0.15, 0.2) is 0 Å². The topological polar surface area (TPSA) is 115 Å². The van der Waals surface area contributed by atoms with Crippen molar-refractivity contribution in [1.82, 2.24) is 26.1 Å². The van der Waals surface area contributed by atoms with Crippen molar-refractivity contribution in [2.75, 3.05) is 0 Å². The SMILES string of the molecule is CC[C@H](N)c1nccc(-c2[nH]c(C3(C)CC3)nc2Br)n1.N. The number of halogens is 1. The van der Waals surface area contributed by atoms with Gasteiger partial charge in [-0.3, -0.25) is 0 Å². The van der Waals surface area contributed by atoms with Crippen LogP contribution in [0.4, 0.5) is 0 Å². The smallest absolute Gasteiger partial charge is 0.145 e. The number of aromatic amines is 1. The highest BCUT2D eigenvalue weighted by molar-refractivity contribution is 9.10. The van der Waals surface area contributed by atoms with Crippen LogP contribution in [-0.4, -0.2) is 19.9 Å².